The first-order chi connectivity index (χ1) is 11.9. The standard InChI is InChI=1S/C17H14ClN3O4/c1-19-16(22)15-8-10-4-2-3-5-13(10)20(15)17(23)12-9-11(18)6-7-14(12)21(24)25/h2-7,9,15H,8H2,1H3,(H,19,22). The number of carbonyl (C=O) groups excluding carboxylic acids is 2. The fraction of sp³-hybridized carbons (Fsp3) is 0.176. The van der Waals surface area contributed by atoms with Crippen molar-refractivity contribution in [2.75, 3.05) is 11.9 Å². The molecule has 0 spiro atoms. The van der Waals surface area contributed by atoms with Crippen LogP contribution in [0, 0.1) is 10.1 Å². The van der Waals surface area contributed by atoms with Crippen LogP contribution in [-0.4, -0.2) is 29.8 Å². The van der Waals surface area contributed by atoms with Gasteiger partial charge in [-0.3, -0.25) is 24.6 Å². The van der Waals surface area contributed by atoms with Gasteiger partial charge in [0.25, 0.3) is 11.6 Å². The molecule has 1 aliphatic heterocycles. The molecule has 1 heterocycles. The summed E-state index contributed by atoms with van der Waals surface area (Å²) >= 11 is 5.93. The van der Waals surface area contributed by atoms with Crippen LogP contribution in [0.3, 0.4) is 0 Å². The molecule has 2 aromatic rings. The highest BCUT2D eigenvalue weighted by atomic mass is 35.5. The van der Waals surface area contributed by atoms with Crippen molar-refractivity contribution in [3.8, 4) is 0 Å². The summed E-state index contributed by atoms with van der Waals surface area (Å²) in [7, 11) is 1.48. The second-order valence-electron chi connectivity index (χ2n) is 5.56. The Kier molecular flexibility index (Phi) is 4.41. The van der Waals surface area contributed by atoms with Crippen molar-refractivity contribution in [1.82, 2.24) is 5.32 Å². The summed E-state index contributed by atoms with van der Waals surface area (Å²) in [5, 5.41) is 14.0. The Morgan fingerprint density at radius 3 is 2.68 bits per heavy atom. The van der Waals surface area contributed by atoms with Gasteiger partial charge in [-0.05, 0) is 23.8 Å². The van der Waals surface area contributed by atoms with Gasteiger partial charge in [-0.2, -0.15) is 0 Å². The predicted octanol–water partition coefficient (Wildman–Crippen LogP) is 2.57. The third-order valence-corrected chi connectivity index (χ3v) is 4.36. The number of hydrogen-bond donors (Lipinski definition) is 1. The molecule has 7 nitrogen and oxygen atoms in total. The number of para-hydroxylation sites is 1. The van der Waals surface area contributed by atoms with Gasteiger partial charge in [0.15, 0.2) is 0 Å². The molecule has 3 rings (SSSR count). The Balaban J connectivity index is 2.12. The Morgan fingerprint density at radius 1 is 1.28 bits per heavy atom. The molecule has 25 heavy (non-hydrogen) atoms. The fourth-order valence-electron chi connectivity index (χ4n) is 2.98. The van der Waals surface area contributed by atoms with Crippen LogP contribution in [0.15, 0.2) is 42.5 Å². The maximum atomic E-state index is 13.1. The second-order valence-corrected chi connectivity index (χ2v) is 5.99. The van der Waals surface area contributed by atoms with Crippen molar-refractivity contribution in [2.24, 2.45) is 0 Å². The van der Waals surface area contributed by atoms with Gasteiger partial charge in [-0.25, -0.2) is 0 Å². The lowest BCUT2D eigenvalue weighted by Gasteiger charge is -2.24. The van der Waals surface area contributed by atoms with Crippen LogP contribution >= 0.6 is 11.6 Å². The number of benzene rings is 2. The molecule has 2 amide bonds. The number of nitro benzene ring substituents is 1. The van der Waals surface area contributed by atoms with Gasteiger partial charge < -0.3 is 5.32 Å². The quantitative estimate of drug-likeness (QED) is 0.673. The smallest absolute Gasteiger partial charge is 0.282 e. The van der Waals surface area contributed by atoms with E-state index in [4.69, 9.17) is 11.6 Å². The van der Waals surface area contributed by atoms with Gasteiger partial charge >= 0.3 is 0 Å². The molecule has 128 valence electrons. The Labute approximate surface area is 148 Å². The van der Waals surface area contributed by atoms with Gasteiger partial charge in [0.05, 0.1) is 4.92 Å². The van der Waals surface area contributed by atoms with Crippen LogP contribution in [0.2, 0.25) is 5.02 Å². The molecule has 0 fully saturated rings. The lowest BCUT2D eigenvalue weighted by molar-refractivity contribution is -0.385. The average Bonchev–Trinajstić information content (AvgIpc) is 2.99. The average molecular weight is 360 g/mol. The molecule has 8 heteroatoms. The maximum absolute atomic E-state index is 13.1. The van der Waals surface area contributed by atoms with Gasteiger partial charge in [0.2, 0.25) is 5.91 Å². The van der Waals surface area contributed by atoms with Crippen molar-refractivity contribution in [2.45, 2.75) is 12.5 Å². The third kappa shape index (κ3) is 2.94. The zero-order chi connectivity index (χ0) is 18.1. The topological polar surface area (TPSA) is 92.6 Å². The van der Waals surface area contributed by atoms with E-state index in [0.29, 0.717) is 12.1 Å². The number of fused-ring (bicyclic) bond motifs is 1. The number of hydrogen-bond acceptors (Lipinski definition) is 4. The van der Waals surface area contributed by atoms with E-state index in [0.717, 1.165) is 5.56 Å². The van der Waals surface area contributed by atoms with Crippen LogP contribution in [0.25, 0.3) is 0 Å². The Bertz CT molecular complexity index is 884. The SMILES string of the molecule is CNC(=O)C1Cc2ccccc2N1C(=O)c1cc(Cl)ccc1[N+](=O)[O-]. The van der Waals surface area contributed by atoms with Gasteiger partial charge in [-0.15, -0.1) is 0 Å². The summed E-state index contributed by atoms with van der Waals surface area (Å²) in [6.45, 7) is 0. The number of rotatable bonds is 3. The van der Waals surface area contributed by atoms with Crippen molar-refractivity contribution in [1.29, 1.82) is 0 Å². The molecule has 0 saturated heterocycles. The minimum Gasteiger partial charge on any atom is -0.357 e. The maximum Gasteiger partial charge on any atom is 0.282 e. The van der Waals surface area contributed by atoms with Crippen LogP contribution in [0.4, 0.5) is 11.4 Å². The number of nitro groups is 1. The van der Waals surface area contributed by atoms with Gasteiger partial charge in [0, 0.05) is 30.2 Å². The first-order valence-electron chi connectivity index (χ1n) is 7.51. The van der Waals surface area contributed by atoms with E-state index in [1.165, 1.54) is 30.1 Å². The second kappa shape index (κ2) is 6.52. The summed E-state index contributed by atoms with van der Waals surface area (Å²) in [4.78, 5) is 37.3. The number of likely N-dealkylation sites (N-methyl/N-ethyl adjacent to an activating group) is 1. The highest BCUT2D eigenvalue weighted by Gasteiger charge is 2.40. The third-order valence-electron chi connectivity index (χ3n) is 4.13. The molecule has 0 radical (unpaired) electrons. The molecule has 0 aromatic heterocycles. The molecule has 1 atom stereocenters. The summed E-state index contributed by atoms with van der Waals surface area (Å²) in [5.74, 6) is -0.970. The van der Waals surface area contributed by atoms with E-state index in [1.807, 2.05) is 12.1 Å². The van der Waals surface area contributed by atoms with Gasteiger partial charge in [0.1, 0.15) is 11.6 Å². The van der Waals surface area contributed by atoms with E-state index in [2.05, 4.69) is 5.32 Å². The number of nitrogens with zero attached hydrogens (tertiary/aromatic N) is 2. The number of amides is 2. The van der Waals surface area contributed by atoms with E-state index in [-0.39, 0.29) is 22.2 Å². The van der Waals surface area contributed by atoms with Crippen LogP contribution in [0.5, 0.6) is 0 Å². The minimum absolute atomic E-state index is 0.150. The summed E-state index contributed by atoms with van der Waals surface area (Å²) < 4.78 is 0. The molecule has 0 saturated carbocycles. The van der Waals surface area contributed by atoms with Crippen LogP contribution in [-0.2, 0) is 11.2 Å². The molecule has 0 bridgehead atoms. The summed E-state index contributed by atoms with van der Waals surface area (Å²) in [6.07, 6.45) is 0.343. The molecular formula is C17H14ClN3O4. The Hall–Kier alpha value is -2.93. The minimum atomic E-state index is -0.770. The van der Waals surface area contributed by atoms with Crippen molar-refractivity contribution in [3.05, 3.63) is 68.7 Å². The first-order valence-corrected chi connectivity index (χ1v) is 7.89. The van der Waals surface area contributed by atoms with E-state index in [1.54, 1.807) is 12.1 Å². The number of halogens is 1. The zero-order valence-electron chi connectivity index (χ0n) is 13.2. The predicted molar refractivity (Wildman–Crippen MR) is 92.9 cm³/mol. The largest absolute Gasteiger partial charge is 0.357 e. The monoisotopic (exact) mass is 359 g/mol. The highest BCUT2D eigenvalue weighted by Crippen LogP contribution is 2.35. The summed E-state index contributed by atoms with van der Waals surface area (Å²) in [5.41, 5.74) is 0.891. The molecular weight excluding hydrogens is 346 g/mol. The fourth-order valence-corrected chi connectivity index (χ4v) is 3.15. The van der Waals surface area contributed by atoms with Crippen molar-refractivity contribution in [3.63, 3.8) is 0 Å². The molecule has 1 N–H and O–H groups in total. The Morgan fingerprint density at radius 2 is 2.00 bits per heavy atom. The number of nitrogens with one attached hydrogen (secondary N) is 1. The molecule has 1 unspecified atom stereocenters. The molecule has 1 aliphatic rings. The summed E-state index contributed by atoms with van der Waals surface area (Å²) in [6, 6.07) is 10.1. The van der Waals surface area contributed by atoms with Crippen molar-refractivity contribution < 1.29 is 14.5 Å². The normalized spacial score (nSPS) is 15.6. The zero-order valence-corrected chi connectivity index (χ0v) is 14.0. The van der Waals surface area contributed by atoms with Crippen LogP contribution < -0.4 is 10.2 Å². The number of anilines is 1. The van der Waals surface area contributed by atoms with Gasteiger partial charge in [-0.1, -0.05) is 29.8 Å². The van der Waals surface area contributed by atoms with E-state index in [9.17, 15) is 19.7 Å². The number of carbonyl (C=O) groups is 2. The highest BCUT2D eigenvalue weighted by molar-refractivity contribution is 6.31. The van der Waals surface area contributed by atoms with E-state index < -0.39 is 16.9 Å². The van der Waals surface area contributed by atoms with Crippen molar-refractivity contribution >= 4 is 34.8 Å². The molecule has 2 aromatic carbocycles. The lowest BCUT2D eigenvalue weighted by atomic mass is 10.1. The van der Waals surface area contributed by atoms with E-state index >= 15 is 0 Å². The lowest BCUT2D eigenvalue weighted by Crippen LogP contribution is -2.47. The first kappa shape index (κ1) is 16.9. The molecule has 0 aliphatic carbocycles. The van der Waals surface area contributed by atoms with Crippen LogP contribution in [0.1, 0.15) is 15.9 Å².